The minimum atomic E-state index is -0.0323. The summed E-state index contributed by atoms with van der Waals surface area (Å²) in [6, 6.07) is 21.0. The largest absolute Gasteiger partial charge is 0.478 e. The number of benzene rings is 3. The van der Waals surface area contributed by atoms with Gasteiger partial charge in [-0.2, -0.15) is 0 Å². The van der Waals surface area contributed by atoms with Gasteiger partial charge in [0.1, 0.15) is 24.3 Å². The Kier molecular flexibility index (Phi) is 4.58. The zero-order valence-corrected chi connectivity index (χ0v) is 16.4. The molecular weight excluding hydrogens is 386 g/mol. The molecule has 29 heavy (non-hydrogen) atoms. The van der Waals surface area contributed by atoms with E-state index in [2.05, 4.69) is 4.90 Å². The second kappa shape index (κ2) is 7.39. The Hall–Kier alpha value is -3.08. The van der Waals surface area contributed by atoms with Gasteiger partial charge in [0.2, 0.25) is 5.43 Å². The molecule has 1 aliphatic rings. The highest BCUT2D eigenvalue weighted by atomic mass is 35.5. The SMILES string of the molecule is O=c1c(-c2ccccc2)coc2c3c(ccc12)OCN(Cc1ccc(Cl)cc1)C3. The molecule has 0 fully saturated rings. The summed E-state index contributed by atoms with van der Waals surface area (Å²) in [6.45, 7) is 1.84. The molecule has 4 nitrogen and oxygen atoms in total. The molecule has 2 heterocycles. The van der Waals surface area contributed by atoms with Gasteiger partial charge < -0.3 is 9.15 Å². The monoisotopic (exact) mass is 403 g/mol. The fraction of sp³-hybridized carbons (Fsp3) is 0.125. The molecule has 0 bridgehead atoms. The van der Waals surface area contributed by atoms with Crippen molar-refractivity contribution >= 4 is 22.6 Å². The summed E-state index contributed by atoms with van der Waals surface area (Å²) in [5, 5.41) is 1.29. The minimum Gasteiger partial charge on any atom is -0.478 e. The Morgan fingerprint density at radius 2 is 1.76 bits per heavy atom. The summed E-state index contributed by atoms with van der Waals surface area (Å²) < 4.78 is 11.9. The van der Waals surface area contributed by atoms with Crippen LogP contribution >= 0.6 is 11.6 Å². The van der Waals surface area contributed by atoms with E-state index in [0.717, 1.165) is 34.0 Å². The molecule has 0 amide bonds. The number of hydrogen-bond acceptors (Lipinski definition) is 4. The van der Waals surface area contributed by atoms with Gasteiger partial charge in [-0.1, -0.05) is 54.1 Å². The first-order valence-electron chi connectivity index (χ1n) is 9.41. The molecule has 0 unspecified atom stereocenters. The van der Waals surface area contributed by atoms with Gasteiger partial charge in [0, 0.05) is 18.1 Å². The Labute approximate surface area is 172 Å². The molecule has 0 spiro atoms. The number of hydrogen-bond donors (Lipinski definition) is 0. The van der Waals surface area contributed by atoms with Crippen molar-refractivity contribution in [1.29, 1.82) is 0 Å². The van der Waals surface area contributed by atoms with Crippen molar-refractivity contribution in [3.8, 4) is 16.9 Å². The average molecular weight is 404 g/mol. The summed E-state index contributed by atoms with van der Waals surface area (Å²) in [6.07, 6.45) is 1.55. The van der Waals surface area contributed by atoms with E-state index in [1.165, 1.54) is 0 Å². The number of rotatable bonds is 3. The summed E-state index contributed by atoms with van der Waals surface area (Å²) >= 11 is 5.98. The number of halogens is 1. The number of ether oxygens (including phenoxy) is 1. The van der Waals surface area contributed by atoms with Crippen LogP contribution in [0.25, 0.3) is 22.1 Å². The first-order chi connectivity index (χ1) is 14.2. The van der Waals surface area contributed by atoms with Gasteiger partial charge in [-0.05, 0) is 35.4 Å². The fourth-order valence-corrected chi connectivity index (χ4v) is 3.85. The van der Waals surface area contributed by atoms with E-state index >= 15 is 0 Å². The third kappa shape index (κ3) is 3.41. The van der Waals surface area contributed by atoms with E-state index in [-0.39, 0.29) is 5.43 Å². The molecule has 4 aromatic rings. The van der Waals surface area contributed by atoms with Gasteiger partial charge in [-0.25, -0.2) is 0 Å². The molecular formula is C24H18ClNO3. The van der Waals surface area contributed by atoms with Crippen molar-refractivity contribution in [2.45, 2.75) is 13.1 Å². The van der Waals surface area contributed by atoms with Gasteiger partial charge >= 0.3 is 0 Å². The molecule has 5 rings (SSSR count). The first kappa shape index (κ1) is 18.0. The van der Waals surface area contributed by atoms with Crippen LogP contribution in [0.1, 0.15) is 11.1 Å². The molecule has 0 atom stereocenters. The second-order valence-corrected chi connectivity index (χ2v) is 7.59. The van der Waals surface area contributed by atoms with Crippen molar-refractivity contribution in [3.05, 3.63) is 99.4 Å². The Bertz CT molecular complexity index is 1230. The highest BCUT2D eigenvalue weighted by molar-refractivity contribution is 6.30. The lowest BCUT2D eigenvalue weighted by Gasteiger charge is -2.29. The maximum absolute atomic E-state index is 13.1. The quantitative estimate of drug-likeness (QED) is 0.455. The predicted octanol–water partition coefficient (Wildman–Crippen LogP) is 5.47. The lowest BCUT2D eigenvalue weighted by Crippen LogP contribution is -2.31. The topological polar surface area (TPSA) is 42.7 Å². The van der Waals surface area contributed by atoms with E-state index in [1.807, 2.05) is 60.7 Å². The maximum Gasteiger partial charge on any atom is 0.200 e. The van der Waals surface area contributed by atoms with Crippen molar-refractivity contribution in [1.82, 2.24) is 4.90 Å². The van der Waals surface area contributed by atoms with Crippen LogP contribution in [0.2, 0.25) is 5.02 Å². The third-order valence-electron chi connectivity index (χ3n) is 5.19. The molecule has 0 N–H and O–H groups in total. The molecule has 1 aliphatic heterocycles. The Morgan fingerprint density at radius 1 is 0.966 bits per heavy atom. The number of fused-ring (bicyclic) bond motifs is 3. The first-order valence-corrected chi connectivity index (χ1v) is 9.79. The van der Waals surface area contributed by atoms with Crippen LogP contribution in [0.3, 0.4) is 0 Å². The summed E-state index contributed by atoms with van der Waals surface area (Å²) in [7, 11) is 0. The summed E-state index contributed by atoms with van der Waals surface area (Å²) in [5.74, 6) is 0.764. The lowest BCUT2D eigenvalue weighted by molar-refractivity contribution is 0.0890. The average Bonchev–Trinajstić information content (AvgIpc) is 2.76. The highest BCUT2D eigenvalue weighted by Crippen LogP contribution is 2.33. The van der Waals surface area contributed by atoms with E-state index in [1.54, 1.807) is 12.3 Å². The molecule has 0 aliphatic carbocycles. The molecule has 0 saturated carbocycles. The molecule has 1 aromatic heterocycles. The van der Waals surface area contributed by atoms with Gasteiger partial charge in [-0.15, -0.1) is 0 Å². The molecule has 3 aromatic carbocycles. The van der Waals surface area contributed by atoms with Crippen molar-refractivity contribution < 1.29 is 9.15 Å². The van der Waals surface area contributed by atoms with E-state index in [0.29, 0.717) is 29.8 Å². The smallest absolute Gasteiger partial charge is 0.200 e. The Morgan fingerprint density at radius 3 is 2.55 bits per heavy atom. The molecule has 0 radical (unpaired) electrons. The van der Waals surface area contributed by atoms with Gasteiger partial charge in [-0.3, -0.25) is 9.69 Å². The van der Waals surface area contributed by atoms with Crippen LogP contribution in [0.4, 0.5) is 0 Å². The van der Waals surface area contributed by atoms with Crippen LogP contribution in [-0.4, -0.2) is 11.6 Å². The molecule has 0 saturated heterocycles. The standard InChI is InChI=1S/C24H18ClNO3/c25-18-8-6-16(7-9-18)12-26-13-20-22(29-15-26)11-10-19-23(27)21(14-28-24(19)20)17-4-2-1-3-5-17/h1-11,14H,12-13,15H2. The molecule has 144 valence electrons. The van der Waals surface area contributed by atoms with Crippen LogP contribution in [0.5, 0.6) is 5.75 Å². The predicted molar refractivity (Wildman–Crippen MR) is 114 cm³/mol. The third-order valence-corrected chi connectivity index (χ3v) is 5.44. The van der Waals surface area contributed by atoms with Crippen LogP contribution in [0, 0.1) is 0 Å². The van der Waals surface area contributed by atoms with E-state index in [4.69, 9.17) is 20.8 Å². The highest BCUT2D eigenvalue weighted by Gasteiger charge is 2.23. The van der Waals surface area contributed by atoms with Gasteiger partial charge in [0.25, 0.3) is 0 Å². The number of nitrogens with zero attached hydrogens (tertiary/aromatic N) is 1. The van der Waals surface area contributed by atoms with Gasteiger partial charge in [0.05, 0.1) is 16.5 Å². The zero-order chi connectivity index (χ0) is 19.8. The van der Waals surface area contributed by atoms with Crippen LogP contribution in [0.15, 0.2) is 82.2 Å². The second-order valence-electron chi connectivity index (χ2n) is 7.15. The van der Waals surface area contributed by atoms with Crippen molar-refractivity contribution in [2.24, 2.45) is 0 Å². The van der Waals surface area contributed by atoms with Gasteiger partial charge in [0.15, 0.2) is 0 Å². The maximum atomic E-state index is 13.1. The van der Waals surface area contributed by atoms with Crippen LogP contribution in [-0.2, 0) is 13.1 Å². The fourth-order valence-electron chi connectivity index (χ4n) is 3.72. The molecule has 5 heteroatoms. The lowest BCUT2D eigenvalue weighted by atomic mass is 10.0. The van der Waals surface area contributed by atoms with Crippen molar-refractivity contribution in [2.75, 3.05) is 6.73 Å². The van der Waals surface area contributed by atoms with E-state index in [9.17, 15) is 4.79 Å². The van der Waals surface area contributed by atoms with Crippen LogP contribution < -0.4 is 10.2 Å². The summed E-state index contributed by atoms with van der Waals surface area (Å²) in [5.41, 5.74) is 4.02. The van der Waals surface area contributed by atoms with E-state index < -0.39 is 0 Å². The minimum absolute atomic E-state index is 0.0323. The normalized spacial score (nSPS) is 13.8. The summed E-state index contributed by atoms with van der Waals surface area (Å²) in [4.78, 5) is 15.3. The zero-order valence-electron chi connectivity index (χ0n) is 15.6. The van der Waals surface area contributed by atoms with Crippen molar-refractivity contribution in [3.63, 3.8) is 0 Å². The Balaban J connectivity index is 1.51.